The van der Waals surface area contributed by atoms with Crippen molar-refractivity contribution < 1.29 is 8.78 Å². The summed E-state index contributed by atoms with van der Waals surface area (Å²) in [6.45, 7) is 0. The van der Waals surface area contributed by atoms with Crippen LogP contribution in [-0.2, 0) is 0 Å². The smallest absolute Gasteiger partial charge is 0.265 e. The average Bonchev–Trinajstić information content (AvgIpc) is 1.96. The van der Waals surface area contributed by atoms with Crippen LogP contribution in [-0.4, -0.2) is 4.98 Å². The molecule has 0 saturated carbocycles. The van der Waals surface area contributed by atoms with Gasteiger partial charge in [0.15, 0.2) is 0 Å². The number of halogens is 4. The first kappa shape index (κ1) is 9.48. The summed E-state index contributed by atoms with van der Waals surface area (Å²) in [5.41, 5.74) is -1.25. The minimum absolute atomic E-state index is 0.264. The summed E-state index contributed by atoms with van der Waals surface area (Å²) in [6.07, 6.45) is -2.79. The minimum atomic E-state index is -2.79. The maximum Gasteiger partial charge on any atom is 0.265 e. The van der Waals surface area contributed by atoms with Crippen LogP contribution < -0.4 is 5.56 Å². The second-order valence-electron chi connectivity index (χ2n) is 2.02. The number of nitrogens with one attached hydrogen (secondary N) is 1. The molecule has 0 radical (unpaired) electrons. The van der Waals surface area contributed by atoms with Crippen LogP contribution in [0.3, 0.4) is 0 Å². The molecule has 1 N–H and O–H groups in total. The molecular formula is C6H3Cl2F2NO. The monoisotopic (exact) mass is 213 g/mol. The van der Waals surface area contributed by atoms with Crippen LogP contribution in [0.25, 0.3) is 0 Å². The molecule has 0 fully saturated rings. The third-order valence-electron chi connectivity index (χ3n) is 1.20. The quantitative estimate of drug-likeness (QED) is 0.716. The van der Waals surface area contributed by atoms with Crippen molar-refractivity contribution in [1.29, 1.82) is 0 Å². The largest absolute Gasteiger partial charge is 0.312 e. The molecule has 1 aromatic heterocycles. The Hall–Kier alpha value is -0.610. The second-order valence-corrected chi connectivity index (χ2v) is 2.77. The lowest BCUT2D eigenvalue weighted by Crippen LogP contribution is -2.07. The van der Waals surface area contributed by atoms with Crippen LogP contribution in [0, 0.1) is 0 Å². The standard InChI is InChI=1S/C6H3Cl2F2NO/c7-4-2(6(9)10)1-3(12)11-5(4)8/h1,6H,(H,11,12). The molecule has 0 unspecified atom stereocenters. The molecule has 0 bridgehead atoms. The van der Waals surface area contributed by atoms with Gasteiger partial charge in [0.25, 0.3) is 6.43 Å². The van der Waals surface area contributed by atoms with Crippen LogP contribution in [0.5, 0.6) is 0 Å². The van der Waals surface area contributed by atoms with E-state index in [4.69, 9.17) is 23.2 Å². The maximum absolute atomic E-state index is 12.1. The number of rotatable bonds is 1. The molecule has 1 heterocycles. The number of H-pyrrole nitrogens is 1. The summed E-state index contributed by atoms with van der Waals surface area (Å²) >= 11 is 10.7. The van der Waals surface area contributed by atoms with Crippen LogP contribution >= 0.6 is 23.2 Å². The summed E-state index contributed by atoms with van der Waals surface area (Å²) in [7, 11) is 0. The van der Waals surface area contributed by atoms with E-state index in [2.05, 4.69) is 4.98 Å². The van der Waals surface area contributed by atoms with Gasteiger partial charge >= 0.3 is 0 Å². The van der Waals surface area contributed by atoms with Gasteiger partial charge in [-0.1, -0.05) is 23.2 Å². The van der Waals surface area contributed by atoms with Crippen molar-refractivity contribution in [2.24, 2.45) is 0 Å². The Kier molecular flexibility index (Phi) is 2.69. The summed E-state index contributed by atoms with van der Waals surface area (Å²) in [5.74, 6) is 0. The number of hydrogen-bond acceptors (Lipinski definition) is 1. The Bertz CT molecular complexity index is 350. The van der Waals surface area contributed by atoms with Gasteiger partial charge in [-0.25, -0.2) is 8.78 Å². The Morgan fingerprint density at radius 1 is 1.42 bits per heavy atom. The molecule has 6 heteroatoms. The molecule has 2 nitrogen and oxygen atoms in total. The van der Waals surface area contributed by atoms with E-state index >= 15 is 0 Å². The highest BCUT2D eigenvalue weighted by Crippen LogP contribution is 2.29. The molecule has 66 valence electrons. The molecule has 12 heavy (non-hydrogen) atoms. The van der Waals surface area contributed by atoms with Gasteiger partial charge in [-0.05, 0) is 0 Å². The van der Waals surface area contributed by atoms with Crippen LogP contribution in [0.1, 0.15) is 12.0 Å². The summed E-state index contributed by atoms with van der Waals surface area (Å²) in [5, 5.41) is -0.578. The fourth-order valence-corrected chi connectivity index (χ4v) is 1.08. The molecule has 0 aromatic carbocycles. The fourth-order valence-electron chi connectivity index (χ4n) is 0.689. The van der Waals surface area contributed by atoms with E-state index in [1.807, 2.05) is 0 Å². The highest BCUT2D eigenvalue weighted by Gasteiger charge is 2.15. The van der Waals surface area contributed by atoms with E-state index in [9.17, 15) is 13.6 Å². The SMILES string of the molecule is O=c1cc(C(F)F)c(Cl)c(Cl)[nH]1. The lowest BCUT2D eigenvalue weighted by atomic mass is 10.3. The third kappa shape index (κ3) is 1.76. The van der Waals surface area contributed by atoms with Gasteiger partial charge in [0, 0.05) is 11.6 Å². The number of alkyl halides is 2. The Balaban J connectivity index is 3.38. The predicted molar refractivity (Wildman–Crippen MR) is 42.0 cm³/mol. The fraction of sp³-hybridized carbons (Fsp3) is 0.167. The molecule has 0 aliphatic carbocycles. The van der Waals surface area contributed by atoms with Gasteiger partial charge in [0.05, 0.1) is 5.02 Å². The van der Waals surface area contributed by atoms with Crippen molar-refractivity contribution >= 4 is 23.2 Å². The van der Waals surface area contributed by atoms with Crippen molar-refractivity contribution in [2.75, 3.05) is 0 Å². The zero-order valence-corrected chi connectivity index (χ0v) is 7.09. The zero-order chi connectivity index (χ0) is 9.30. The summed E-state index contributed by atoms with van der Waals surface area (Å²) in [6, 6.07) is 0.721. The van der Waals surface area contributed by atoms with Crippen LogP contribution in [0.15, 0.2) is 10.9 Å². The Labute approximate surface area is 76.1 Å². The van der Waals surface area contributed by atoms with E-state index < -0.39 is 17.5 Å². The molecule has 1 aromatic rings. The van der Waals surface area contributed by atoms with Gasteiger partial charge in [-0.3, -0.25) is 4.79 Å². The molecular weight excluding hydrogens is 211 g/mol. The first-order valence-corrected chi connectivity index (χ1v) is 3.64. The number of aromatic amines is 1. The van der Waals surface area contributed by atoms with Gasteiger partial charge in [0.2, 0.25) is 5.56 Å². The molecule has 0 aliphatic heterocycles. The van der Waals surface area contributed by atoms with Gasteiger partial charge in [-0.2, -0.15) is 0 Å². The lowest BCUT2D eigenvalue weighted by molar-refractivity contribution is 0.151. The average molecular weight is 214 g/mol. The van der Waals surface area contributed by atoms with Crippen molar-refractivity contribution in [3.05, 3.63) is 32.2 Å². The van der Waals surface area contributed by atoms with E-state index in [1.165, 1.54) is 0 Å². The Morgan fingerprint density at radius 3 is 2.50 bits per heavy atom. The predicted octanol–water partition coefficient (Wildman–Crippen LogP) is 2.62. The maximum atomic E-state index is 12.1. The van der Waals surface area contributed by atoms with E-state index in [-0.39, 0.29) is 10.2 Å². The highest BCUT2D eigenvalue weighted by molar-refractivity contribution is 6.41. The Morgan fingerprint density at radius 2 is 2.00 bits per heavy atom. The summed E-state index contributed by atoms with van der Waals surface area (Å²) in [4.78, 5) is 12.7. The van der Waals surface area contributed by atoms with Crippen molar-refractivity contribution in [1.82, 2.24) is 4.98 Å². The first-order valence-electron chi connectivity index (χ1n) is 2.88. The lowest BCUT2D eigenvalue weighted by Gasteiger charge is -2.02. The van der Waals surface area contributed by atoms with Crippen molar-refractivity contribution in [3.63, 3.8) is 0 Å². The highest BCUT2D eigenvalue weighted by atomic mass is 35.5. The van der Waals surface area contributed by atoms with Gasteiger partial charge < -0.3 is 4.98 Å². The molecule has 0 atom stereocenters. The molecule has 0 saturated heterocycles. The number of hydrogen-bond donors (Lipinski definition) is 1. The zero-order valence-electron chi connectivity index (χ0n) is 5.57. The van der Waals surface area contributed by atoms with Crippen molar-refractivity contribution in [3.8, 4) is 0 Å². The van der Waals surface area contributed by atoms with Crippen LogP contribution in [0.4, 0.5) is 8.78 Å². The third-order valence-corrected chi connectivity index (χ3v) is 1.99. The van der Waals surface area contributed by atoms with Crippen LogP contribution in [0.2, 0.25) is 10.2 Å². The summed E-state index contributed by atoms with van der Waals surface area (Å²) < 4.78 is 24.2. The van der Waals surface area contributed by atoms with Gasteiger partial charge in [-0.15, -0.1) is 0 Å². The van der Waals surface area contributed by atoms with E-state index in [1.54, 1.807) is 0 Å². The first-order chi connectivity index (χ1) is 5.52. The van der Waals surface area contributed by atoms with E-state index in [0.29, 0.717) is 0 Å². The molecule has 0 aliphatic rings. The normalized spacial score (nSPS) is 10.8. The van der Waals surface area contributed by atoms with Crippen molar-refractivity contribution in [2.45, 2.75) is 6.43 Å². The topological polar surface area (TPSA) is 32.9 Å². The molecule has 1 rings (SSSR count). The van der Waals surface area contributed by atoms with Gasteiger partial charge in [0.1, 0.15) is 5.15 Å². The molecule has 0 spiro atoms. The number of pyridine rings is 1. The number of aromatic nitrogens is 1. The second kappa shape index (κ2) is 3.41. The molecule has 0 amide bonds. The minimum Gasteiger partial charge on any atom is -0.312 e. The van der Waals surface area contributed by atoms with E-state index in [0.717, 1.165) is 6.07 Å².